The molecule has 1 amide bonds. The van der Waals surface area contributed by atoms with Crippen LogP contribution in [0.4, 0.5) is 0 Å². The Hall–Kier alpha value is -1.10. The minimum absolute atomic E-state index is 0.0151. The second kappa shape index (κ2) is 8.15. The van der Waals surface area contributed by atoms with Crippen LogP contribution in [-0.2, 0) is 14.3 Å². The summed E-state index contributed by atoms with van der Waals surface area (Å²) < 4.78 is 5.22. The molecule has 2 N–H and O–H groups in total. The maximum Gasteiger partial charge on any atom is 0.303 e. The number of nitrogens with one attached hydrogen (secondary N) is 1. The normalized spacial score (nSPS) is 18.3. The summed E-state index contributed by atoms with van der Waals surface area (Å²) in [6.07, 6.45) is 2.46. The predicted molar refractivity (Wildman–Crippen MR) is 71.8 cm³/mol. The van der Waals surface area contributed by atoms with Gasteiger partial charge in [0.25, 0.3) is 0 Å². The number of carbonyl (C=O) groups excluding carboxylic acids is 1. The number of hydrogen-bond donors (Lipinski definition) is 2. The lowest BCUT2D eigenvalue weighted by Crippen LogP contribution is -2.37. The van der Waals surface area contributed by atoms with Crippen LogP contribution in [0.3, 0.4) is 0 Å². The molecular weight excluding hydrogens is 246 g/mol. The molecule has 0 aromatic heterocycles. The lowest BCUT2D eigenvalue weighted by atomic mass is 9.93. The average Bonchev–Trinajstić information content (AvgIpc) is 2.35. The molecule has 1 fully saturated rings. The van der Waals surface area contributed by atoms with E-state index in [1.807, 2.05) is 0 Å². The van der Waals surface area contributed by atoms with Crippen molar-refractivity contribution >= 4 is 11.9 Å². The molecule has 0 unspecified atom stereocenters. The van der Waals surface area contributed by atoms with E-state index >= 15 is 0 Å². The van der Waals surface area contributed by atoms with Gasteiger partial charge in [-0.15, -0.1) is 0 Å². The molecule has 1 atom stereocenters. The van der Waals surface area contributed by atoms with E-state index in [2.05, 4.69) is 19.2 Å². The van der Waals surface area contributed by atoms with Crippen molar-refractivity contribution in [3.63, 3.8) is 0 Å². The van der Waals surface area contributed by atoms with Crippen LogP contribution in [0.1, 0.15) is 39.5 Å². The van der Waals surface area contributed by atoms with Crippen LogP contribution in [0, 0.1) is 17.8 Å². The molecule has 1 aliphatic rings. The van der Waals surface area contributed by atoms with Gasteiger partial charge in [-0.25, -0.2) is 0 Å². The smallest absolute Gasteiger partial charge is 0.303 e. The first-order chi connectivity index (χ1) is 8.99. The highest BCUT2D eigenvalue weighted by atomic mass is 16.5. The van der Waals surface area contributed by atoms with Crippen molar-refractivity contribution in [1.82, 2.24) is 5.32 Å². The third-order valence-corrected chi connectivity index (χ3v) is 3.43. The van der Waals surface area contributed by atoms with E-state index in [1.165, 1.54) is 0 Å². The number of ether oxygens (including phenoxy) is 1. The van der Waals surface area contributed by atoms with Crippen molar-refractivity contribution < 1.29 is 19.4 Å². The number of hydrogen-bond acceptors (Lipinski definition) is 3. The molecule has 0 aliphatic carbocycles. The molecule has 1 saturated heterocycles. The number of aliphatic carboxylic acids is 1. The molecule has 0 spiro atoms. The van der Waals surface area contributed by atoms with E-state index in [0.29, 0.717) is 25.7 Å². The highest BCUT2D eigenvalue weighted by Gasteiger charge is 2.23. The standard InChI is InChI=1S/C14H25NO4/c1-10(2)7-11(8-13(16)17)9-15-14(18)12-3-5-19-6-4-12/h10-12H,3-9H2,1-2H3,(H,15,18)(H,16,17)/t11-/m0/s1. The van der Waals surface area contributed by atoms with Gasteiger partial charge < -0.3 is 15.2 Å². The van der Waals surface area contributed by atoms with Gasteiger partial charge in [-0.1, -0.05) is 13.8 Å². The highest BCUT2D eigenvalue weighted by Crippen LogP contribution is 2.17. The Morgan fingerprint density at radius 3 is 2.47 bits per heavy atom. The van der Waals surface area contributed by atoms with Gasteiger partial charge in [0.05, 0.1) is 0 Å². The number of amides is 1. The predicted octanol–water partition coefficient (Wildman–Crippen LogP) is 1.67. The Labute approximate surface area is 114 Å². The summed E-state index contributed by atoms with van der Waals surface area (Å²) in [6, 6.07) is 0. The third kappa shape index (κ3) is 6.57. The molecule has 0 radical (unpaired) electrons. The topological polar surface area (TPSA) is 75.6 Å². The molecule has 0 aromatic rings. The zero-order chi connectivity index (χ0) is 14.3. The first-order valence-corrected chi connectivity index (χ1v) is 7.06. The highest BCUT2D eigenvalue weighted by molar-refractivity contribution is 5.78. The van der Waals surface area contributed by atoms with E-state index in [1.54, 1.807) is 0 Å². The van der Waals surface area contributed by atoms with Gasteiger partial charge in [-0.3, -0.25) is 9.59 Å². The van der Waals surface area contributed by atoms with Gasteiger partial charge in [0.1, 0.15) is 0 Å². The van der Waals surface area contributed by atoms with Crippen LogP contribution in [0.5, 0.6) is 0 Å². The van der Waals surface area contributed by atoms with Crippen molar-refractivity contribution in [2.24, 2.45) is 17.8 Å². The maximum absolute atomic E-state index is 12.0. The Morgan fingerprint density at radius 2 is 1.95 bits per heavy atom. The summed E-state index contributed by atoms with van der Waals surface area (Å²) in [6.45, 7) is 5.87. The first kappa shape index (κ1) is 16.0. The van der Waals surface area contributed by atoms with Gasteiger partial charge in [-0.05, 0) is 31.1 Å². The molecule has 1 heterocycles. The largest absolute Gasteiger partial charge is 0.481 e. The van der Waals surface area contributed by atoms with E-state index < -0.39 is 5.97 Å². The van der Waals surface area contributed by atoms with Gasteiger partial charge in [0.15, 0.2) is 0 Å². The number of carboxylic acids is 1. The molecule has 19 heavy (non-hydrogen) atoms. The Balaban J connectivity index is 2.36. The zero-order valence-corrected chi connectivity index (χ0v) is 11.9. The van der Waals surface area contributed by atoms with Gasteiger partial charge in [-0.2, -0.15) is 0 Å². The average molecular weight is 271 g/mol. The van der Waals surface area contributed by atoms with E-state index in [-0.39, 0.29) is 24.2 Å². The summed E-state index contributed by atoms with van der Waals surface area (Å²) in [4.78, 5) is 22.8. The van der Waals surface area contributed by atoms with E-state index in [4.69, 9.17) is 9.84 Å². The Bertz CT molecular complexity index is 298. The summed E-state index contributed by atoms with van der Waals surface area (Å²) >= 11 is 0. The van der Waals surface area contributed by atoms with Crippen LogP contribution in [0.25, 0.3) is 0 Å². The minimum Gasteiger partial charge on any atom is -0.481 e. The zero-order valence-electron chi connectivity index (χ0n) is 11.9. The van der Waals surface area contributed by atoms with E-state index in [9.17, 15) is 9.59 Å². The Kier molecular flexibility index (Phi) is 6.84. The van der Waals surface area contributed by atoms with Crippen molar-refractivity contribution in [1.29, 1.82) is 0 Å². The quantitative estimate of drug-likeness (QED) is 0.738. The second-order valence-electron chi connectivity index (χ2n) is 5.73. The molecule has 1 aliphatic heterocycles. The van der Waals surface area contributed by atoms with Crippen molar-refractivity contribution in [2.45, 2.75) is 39.5 Å². The number of rotatable bonds is 7. The van der Waals surface area contributed by atoms with E-state index in [0.717, 1.165) is 19.3 Å². The SMILES string of the molecule is CC(C)C[C@H](CNC(=O)C1CCOCC1)CC(=O)O. The van der Waals surface area contributed by atoms with Crippen molar-refractivity contribution in [3.8, 4) is 0 Å². The third-order valence-electron chi connectivity index (χ3n) is 3.43. The minimum atomic E-state index is -0.800. The monoisotopic (exact) mass is 271 g/mol. The van der Waals surface area contributed by atoms with Crippen LogP contribution in [0.2, 0.25) is 0 Å². The van der Waals surface area contributed by atoms with Crippen LogP contribution < -0.4 is 5.32 Å². The summed E-state index contributed by atoms with van der Waals surface area (Å²) in [7, 11) is 0. The van der Waals surface area contributed by atoms with Crippen LogP contribution >= 0.6 is 0 Å². The molecular formula is C14H25NO4. The van der Waals surface area contributed by atoms with Gasteiger partial charge in [0.2, 0.25) is 5.91 Å². The fraction of sp³-hybridized carbons (Fsp3) is 0.857. The molecule has 5 heteroatoms. The summed E-state index contributed by atoms with van der Waals surface area (Å²) in [5.41, 5.74) is 0. The molecule has 0 saturated carbocycles. The first-order valence-electron chi connectivity index (χ1n) is 7.06. The van der Waals surface area contributed by atoms with Crippen LogP contribution in [-0.4, -0.2) is 36.7 Å². The lowest BCUT2D eigenvalue weighted by Gasteiger charge is -2.23. The molecule has 0 aromatic carbocycles. The number of carbonyl (C=O) groups is 2. The molecule has 110 valence electrons. The van der Waals surface area contributed by atoms with Crippen molar-refractivity contribution in [2.75, 3.05) is 19.8 Å². The molecule has 0 bridgehead atoms. The van der Waals surface area contributed by atoms with Gasteiger partial charge >= 0.3 is 5.97 Å². The summed E-state index contributed by atoms with van der Waals surface area (Å²) in [5.74, 6) is -0.280. The van der Waals surface area contributed by atoms with Crippen molar-refractivity contribution in [3.05, 3.63) is 0 Å². The summed E-state index contributed by atoms with van der Waals surface area (Å²) in [5, 5.41) is 11.8. The molecule has 1 rings (SSSR count). The Morgan fingerprint density at radius 1 is 1.32 bits per heavy atom. The lowest BCUT2D eigenvalue weighted by molar-refractivity contribution is -0.138. The fourth-order valence-corrected chi connectivity index (χ4v) is 2.50. The maximum atomic E-state index is 12.0. The molecule has 5 nitrogen and oxygen atoms in total. The fourth-order valence-electron chi connectivity index (χ4n) is 2.50. The second-order valence-corrected chi connectivity index (χ2v) is 5.73. The van der Waals surface area contributed by atoms with Crippen LogP contribution in [0.15, 0.2) is 0 Å². The number of carboxylic acid groups (broad SMARTS) is 1. The van der Waals surface area contributed by atoms with Gasteiger partial charge in [0, 0.05) is 32.1 Å².